The Morgan fingerprint density at radius 3 is 2.62 bits per heavy atom. The van der Waals surface area contributed by atoms with Crippen molar-refractivity contribution in [2.45, 2.75) is 39.2 Å². The molecule has 1 atom stereocenters. The van der Waals surface area contributed by atoms with Gasteiger partial charge in [0.1, 0.15) is 11.5 Å². The van der Waals surface area contributed by atoms with Crippen molar-refractivity contribution in [1.29, 1.82) is 0 Å². The summed E-state index contributed by atoms with van der Waals surface area (Å²) < 4.78 is 11.4. The molecule has 1 aliphatic heterocycles. The number of fused-ring (bicyclic) bond motifs is 1. The van der Waals surface area contributed by atoms with Crippen molar-refractivity contribution < 1.29 is 9.47 Å². The smallest absolute Gasteiger partial charge is 0.124 e. The van der Waals surface area contributed by atoms with Gasteiger partial charge in [0, 0.05) is 12.1 Å². The lowest BCUT2D eigenvalue weighted by Crippen LogP contribution is -2.30. The van der Waals surface area contributed by atoms with E-state index in [0.29, 0.717) is 12.5 Å². The molecule has 1 unspecified atom stereocenters. The monoisotopic (exact) mass is 325 g/mol. The summed E-state index contributed by atoms with van der Waals surface area (Å²) >= 11 is 0. The zero-order valence-electron chi connectivity index (χ0n) is 15.1. The van der Waals surface area contributed by atoms with Crippen LogP contribution in [0.1, 0.15) is 55.0 Å². The Balaban J connectivity index is 2.00. The topological polar surface area (TPSA) is 30.5 Å². The van der Waals surface area contributed by atoms with Crippen LogP contribution in [0.25, 0.3) is 0 Å². The fraction of sp³-hybridized carbons (Fsp3) is 0.429. The molecule has 2 aromatic carbocycles. The molecule has 3 rings (SSSR count). The van der Waals surface area contributed by atoms with Gasteiger partial charge in [0.15, 0.2) is 0 Å². The quantitative estimate of drug-likeness (QED) is 0.881. The molecule has 24 heavy (non-hydrogen) atoms. The van der Waals surface area contributed by atoms with Crippen LogP contribution >= 0.6 is 0 Å². The molecule has 1 heterocycles. The Labute approximate surface area is 145 Å². The van der Waals surface area contributed by atoms with Gasteiger partial charge in [-0.2, -0.15) is 0 Å². The molecule has 0 saturated heterocycles. The standard InChI is InChI=1S/C21H27NO2/c1-5-24-17-7-9-18-16(12-17)10-11-22-21(18)19-8-6-15(14(2)3)13-20(19)23-4/h6-9,12-14,21-22H,5,10-11H2,1-4H3. The van der Waals surface area contributed by atoms with Gasteiger partial charge < -0.3 is 14.8 Å². The van der Waals surface area contributed by atoms with E-state index in [-0.39, 0.29) is 6.04 Å². The Bertz CT molecular complexity index is 709. The average molecular weight is 325 g/mol. The molecule has 0 radical (unpaired) electrons. The minimum Gasteiger partial charge on any atom is -0.496 e. The predicted molar refractivity (Wildman–Crippen MR) is 98.2 cm³/mol. The molecule has 0 spiro atoms. The Morgan fingerprint density at radius 1 is 1.12 bits per heavy atom. The van der Waals surface area contributed by atoms with Crippen LogP contribution in [0, 0.1) is 0 Å². The third-order valence-corrected chi connectivity index (χ3v) is 4.71. The van der Waals surface area contributed by atoms with E-state index in [2.05, 4.69) is 55.6 Å². The van der Waals surface area contributed by atoms with Gasteiger partial charge in [0.25, 0.3) is 0 Å². The van der Waals surface area contributed by atoms with Crippen LogP contribution in [0.3, 0.4) is 0 Å². The Morgan fingerprint density at radius 2 is 1.92 bits per heavy atom. The van der Waals surface area contributed by atoms with Gasteiger partial charge in [-0.05, 0) is 54.2 Å². The van der Waals surface area contributed by atoms with Crippen LogP contribution < -0.4 is 14.8 Å². The summed E-state index contributed by atoms with van der Waals surface area (Å²) in [5.41, 5.74) is 5.19. The maximum Gasteiger partial charge on any atom is 0.124 e. The van der Waals surface area contributed by atoms with E-state index in [1.807, 2.05) is 6.92 Å². The molecule has 0 aliphatic carbocycles. The third-order valence-electron chi connectivity index (χ3n) is 4.71. The Hall–Kier alpha value is -2.00. The number of hydrogen-bond donors (Lipinski definition) is 1. The molecule has 3 heteroatoms. The Kier molecular flexibility index (Phi) is 5.10. The number of benzene rings is 2. The van der Waals surface area contributed by atoms with Crippen molar-refractivity contribution in [3.8, 4) is 11.5 Å². The van der Waals surface area contributed by atoms with Crippen molar-refractivity contribution in [2.75, 3.05) is 20.3 Å². The molecule has 2 aromatic rings. The summed E-state index contributed by atoms with van der Waals surface area (Å²) in [5.74, 6) is 2.41. The van der Waals surface area contributed by atoms with Gasteiger partial charge in [-0.3, -0.25) is 0 Å². The first-order valence-corrected chi connectivity index (χ1v) is 8.80. The lowest BCUT2D eigenvalue weighted by atomic mass is 9.88. The lowest BCUT2D eigenvalue weighted by molar-refractivity contribution is 0.339. The number of rotatable bonds is 5. The zero-order valence-corrected chi connectivity index (χ0v) is 15.1. The molecule has 1 N–H and O–H groups in total. The van der Waals surface area contributed by atoms with Crippen LogP contribution in [-0.4, -0.2) is 20.3 Å². The second-order valence-electron chi connectivity index (χ2n) is 6.59. The molecule has 0 amide bonds. The van der Waals surface area contributed by atoms with Gasteiger partial charge in [0.05, 0.1) is 19.8 Å². The number of ether oxygens (including phenoxy) is 2. The normalized spacial score (nSPS) is 16.8. The minimum atomic E-state index is 0.167. The molecular weight excluding hydrogens is 298 g/mol. The molecule has 0 aromatic heterocycles. The maximum absolute atomic E-state index is 5.70. The summed E-state index contributed by atoms with van der Waals surface area (Å²) in [5, 5.41) is 3.65. The first-order chi connectivity index (χ1) is 11.6. The van der Waals surface area contributed by atoms with Crippen molar-refractivity contribution in [3.05, 3.63) is 58.7 Å². The SMILES string of the molecule is CCOc1ccc2c(c1)CCNC2c1ccc(C(C)C)cc1OC. The minimum absolute atomic E-state index is 0.167. The highest BCUT2D eigenvalue weighted by atomic mass is 16.5. The van der Waals surface area contributed by atoms with Gasteiger partial charge in [-0.25, -0.2) is 0 Å². The van der Waals surface area contributed by atoms with E-state index >= 15 is 0 Å². The van der Waals surface area contributed by atoms with Gasteiger partial charge in [0.2, 0.25) is 0 Å². The summed E-state index contributed by atoms with van der Waals surface area (Å²) in [6.45, 7) is 8.09. The summed E-state index contributed by atoms with van der Waals surface area (Å²) in [4.78, 5) is 0. The van der Waals surface area contributed by atoms with E-state index in [9.17, 15) is 0 Å². The van der Waals surface area contributed by atoms with Crippen molar-refractivity contribution in [2.24, 2.45) is 0 Å². The van der Waals surface area contributed by atoms with Crippen LogP contribution in [0.2, 0.25) is 0 Å². The summed E-state index contributed by atoms with van der Waals surface area (Å²) in [7, 11) is 1.75. The highest BCUT2D eigenvalue weighted by molar-refractivity contribution is 5.49. The second kappa shape index (κ2) is 7.27. The zero-order chi connectivity index (χ0) is 17.1. The van der Waals surface area contributed by atoms with Crippen molar-refractivity contribution in [1.82, 2.24) is 5.32 Å². The molecular formula is C21H27NO2. The predicted octanol–water partition coefficient (Wildman–Crippen LogP) is 4.45. The molecule has 0 bridgehead atoms. The first-order valence-electron chi connectivity index (χ1n) is 8.80. The van der Waals surface area contributed by atoms with Gasteiger partial charge in [-0.1, -0.05) is 32.0 Å². The van der Waals surface area contributed by atoms with Gasteiger partial charge >= 0.3 is 0 Å². The maximum atomic E-state index is 5.70. The highest BCUT2D eigenvalue weighted by Gasteiger charge is 2.24. The summed E-state index contributed by atoms with van der Waals surface area (Å²) in [6, 6.07) is 13.2. The fourth-order valence-corrected chi connectivity index (χ4v) is 3.40. The van der Waals surface area contributed by atoms with E-state index < -0.39 is 0 Å². The molecule has 1 aliphatic rings. The molecule has 128 valence electrons. The van der Waals surface area contributed by atoms with Crippen molar-refractivity contribution in [3.63, 3.8) is 0 Å². The van der Waals surface area contributed by atoms with Crippen LogP contribution in [0.15, 0.2) is 36.4 Å². The average Bonchev–Trinajstić information content (AvgIpc) is 2.60. The molecule has 0 saturated carbocycles. The van der Waals surface area contributed by atoms with E-state index in [0.717, 1.165) is 24.5 Å². The number of hydrogen-bond acceptors (Lipinski definition) is 3. The highest BCUT2D eigenvalue weighted by Crippen LogP contribution is 2.36. The first kappa shape index (κ1) is 16.8. The second-order valence-corrected chi connectivity index (χ2v) is 6.59. The lowest BCUT2D eigenvalue weighted by Gasteiger charge is -2.29. The van der Waals surface area contributed by atoms with Crippen molar-refractivity contribution >= 4 is 0 Å². The third kappa shape index (κ3) is 3.27. The largest absolute Gasteiger partial charge is 0.496 e. The van der Waals surface area contributed by atoms with Crippen LogP contribution in [0.4, 0.5) is 0 Å². The molecule has 0 fully saturated rings. The fourth-order valence-electron chi connectivity index (χ4n) is 3.40. The number of methoxy groups -OCH3 is 1. The number of nitrogens with one attached hydrogen (secondary N) is 1. The van der Waals surface area contributed by atoms with E-state index in [1.165, 1.54) is 22.3 Å². The van der Waals surface area contributed by atoms with E-state index in [4.69, 9.17) is 9.47 Å². The van der Waals surface area contributed by atoms with Crippen LogP contribution in [0.5, 0.6) is 11.5 Å². The molecule has 3 nitrogen and oxygen atoms in total. The summed E-state index contributed by atoms with van der Waals surface area (Å²) in [6.07, 6.45) is 1.03. The van der Waals surface area contributed by atoms with Crippen LogP contribution in [-0.2, 0) is 6.42 Å². The van der Waals surface area contributed by atoms with Gasteiger partial charge in [-0.15, -0.1) is 0 Å². The van der Waals surface area contributed by atoms with E-state index in [1.54, 1.807) is 7.11 Å².